The molecule has 4 heterocycles. The van der Waals surface area contributed by atoms with E-state index in [1.807, 2.05) is 51.3 Å². The fourth-order valence-corrected chi connectivity index (χ4v) is 4.06. The minimum atomic E-state index is -1.82. The van der Waals surface area contributed by atoms with Crippen molar-refractivity contribution < 1.29 is 38.9 Å². The van der Waals surface area contributed by atoms with Crippen LogP contribution in [0.4, 0.5) is 9.59 Å². The summed E-state index contributed by atoms with van der Waals surface area (Å²) in [6, 6.07) is 0.835. The third kappa shape index (κ3) is 8.81. The lowest BCUT2D eigenvalue weighted by Crippen LogP contribution is -2.62. The Hall–Kier alpha value is -2.60. The number of rotatable bonds is 2. The van der Waals surface area contributed by atoms with E-state index in [9.17, 15) is 9.59 Å². The summed E-state index contributed by atoms with van der Waals surface area (Å²) >= 11 is 0. The van der Waals surface area contributed by atoms with Gasteiger partial charge in [-0.05, 0) is 54.4 Å². The van der Waals surface area contributed by atoms with Gasteiger partial charge in [0.05, 0.1) is 0 Å². The van der Waals surface area contributed by atoms with E-state index >= 15 is 0 Å². The molecule has 4 aliphatic heterocycles. The van der Waals surface area contributed by atoms with Gasteiger partial charge in [0.25, 0.3) is 0 Å². The molecule has 12 heteroatoms. The highest BCUT2D eigenvalue weighted by Gasteiger charge is 2.42. The molecule has 2 atom stereocenters. The molecule has 2 amide bonds. The van der Waals surface area contributed by atoms with E-state index in [0.717, 1.165) is 52.1 Å². The van der Waals surface area contributed by atoms with Crippen molar-refractivity contribution >= 4 is 24.1 Å². The van der Waals surface area contributed by atoms with Crippen molar-refractivity contribution in [1.29, 1.82) is 0 Å². The number of carbonyl (C=O) groups is 4. The third-order valence-electron chi connectivity index (χ3n) is 6.29. The second kappa shape index (κ2) is 12.1. The van der Waals surface area contributed by atoms with Gasteiger partial charge in [-0.15, -0.1) is 0 Å². The van der Waals surface area contributed by atoms with Crippen LogP contribution in [-0.2, 0) is 19.1 Å². The van der Waals surface area contributed by atoms with Crippen LogP contribution in [0.3, 0.4) is 0 Å². The largest absolute Gasteiger partial charge is 0.473 e. The zero-order valence-electron chi connectivity index (χ0n) is 22.2. The van der Waals surface area contributed by atoms with Crippen molar-refractivity contribution in [3.05, 3.63) is 0 Å². The standard InChI is InChI=1S/2C11H20N2O2.C2H2O4/c2*1-11(2,3)15-10(14)13-5-4-9(13)8-6-12-7-8;3-1(4)2(5)6/h2*8-9,12H,4-7H2,1-3H3;(H,3,4)(H,5,6). The van der Waals surface area contributed by atoms with Crippen LogP contribution in [0.5, 0.6) is 0 Å². The third-order valence-corrected chi connectivity index (χ3v) is 6.29. The molecular weight excluding hydrogens is 472 g/mol. The molecule has 4 fully saturated rings. The van der Waals surface area contributed by atoms with Crippen LogP contribution in [-0.4, -0.2) is 107 Å². The molecule has 4 saturated heterocycles. The maximum atomic E-state index is 11.8. The zero-order valence-corrected chi connectivity index (χ0v) is 22.2. The van der Waals surface area contributed by atoms with Crippen molar-refractivity contribution in [2.45, 2.75) is 77.7 Å². The van der Waals surface area contributed by atoms with E-state index < -0.39 is 11.9 Å². The van der Waals surface area contributed by atoms with Gasteiger partial charge in [0.1, 0.15) is 11.2 Å². The molecule has 12 nitrogen and oxygen atoms in total. The van der Waals surface area contributed by atoms with Gasteiger partial charge in [-0.2, -0.15) is 0 Å². The maximum Gasteiger partial charge on any atom is 0.414 e. The second-order valence-corrected chi connectivity index (χ2v) is 11.5. The van der Waals surface area contributed by atoms with E-state index in [0.29, 0.717) is 23.9 Å². The lowest BCUT2D eigenvalue weighted by atomic mass is 9.85. The predicted molar refractivity (Wildman–Crippen MR) is 131 cm³/mol. The Kier molecular flexibility index (Phi) is 9.95. The Morgan fingerprint density at radius 2 is 0.972 bits per heavy atom. The van der Waals surface area contributed by atoms with Gasteiger partial charge in [0, 0.05) is 63.2 Å². The molecule has 0 spiro atoms. The Labute approximate surface area is 212 Å². The number of carboxylic acid groups (broad SMARTS) is 2. The summed E-state index contributed by atoms with van der Waals surface area (Å²) in [5, 5.41) is 21.3. The van der Waals surface area contributed by atoms with Crippen LogP contribution in [0.25, 0.3) is 0 Å². The molecule has 2 unspecified atom stereocenters. The topological polar surface area (TPSA) is 158 Å². The number of carbonyl (C=O) groups excluding carboxylic acids is 2. The van der Waals surface area contributed by atoms with Gasteiger partial charge in [-0.25, -0.2) is 19.2 Å². The van der Waals surface area contributed by atoms with Crippen LogP contribution >= 0.6 is 0 Å². The Balaban J connectivity index is 0.000000208. The van der Waals surface area contributed by atoms with Crippen molar-refractivity contribution in [2.75, 3.05) is 39.3 Å². The number of hydrogen-bond acceptors (Lipinski definition) is 8. The lowest BCUT2D eigenvalue weighted by molar-refractivity contribution is -0.159. The number of amides is 2. The minimum Gasteiger partial charge on any atom is -0.473 e. The average molecular weight is 515 g/mol. The molecular formula is C24H42N4O8. The molecule has 0 bridgehead atoms. The van der Waals surface area contributed by atoms with Crippen LogP contribution in [0, 0.1) is 11.8 Å². The number of ether oxygens (including phenoxy) is 2. The van der Waals surface area contributed by atoms with E-state index in [1.165, 1.54) is 0 Å². The number of likely N-dealkylation sites (tertiary alicyclic amines) is 2. The zero-order chi connectivity index (χ0) is 27.3. The Bertz CT molecular complexity index is 733. The number of hydrogen-bond donors (Lipinski definition) is 4. The summed E-state index contributed by atoms with van der Waals surface area (Å²) in [4.78, 5) is 45.5. The molecule has 0 aromatic heterocycles. The SMILES string of the molecule is CC(C)(C)OC(=O)N1CCC1C1CNC1.CC(C)(C)OC(=O)N1CCC1C1CNC1.O=C(O)C(=O)O. The summed E-state index contributed by atoms with van der Waals surface area (Å²) in [5.74, 6) is -2.36. The molecule has 0 aromatic rings. The maximum absolute atomic E-state index is 11.8. The summed E-state index contributed by atoms with van der Waals surface area (Å²) in [7, 11) is 0. The van der Waals surface area contributed by atoms with E-state index in [-0.39, 0.29) is 23.4 Å². The second-order valence-electron chi connectivity index (χ2n) is 11.5. The molecule has 0 aromatic carbocycles. The van der Waals surface area contributed by atoms with Crippen molar-refractivity contribution in [1.82, 2.24) is 20.4 Å². The Morgan fingerprint density at radius 3 is 1.11 bits per heavy atom. The average Bonchev–Trinajstić information content (AvgIpc) is 2.56. The normalized spacial score (nSPS) is 23.6. The Morgan fingerprint density at radius 1 is 0.667 bits per heavy atom. The van der Waals surface area contributed by atoms with Crippen LogP contribution in [0.2, 0.25) is 0 Å². The monoisotopic (exact) mass is 514 g/mol. The van der Waals surface area contributed by atoms with E-state index in [1.54, 1.807) is 0 Å². The molecule has 0 radical (unpaired) electrons. The summed E-state index contributed by atoms with van der Waals surface area (Å²) in [6.07, 6.45) is 1.97. The first-order valence-corrected chi connectivity index (χ1v) is 12.5. The fourth-order valence-electron chi connectivity index (χ4n) is 4.06. The van der Waals surface area contributed by atoms with Gasteiger partial charge < -0.3 is 40.1 Å². The molecule has 4 rings (SSSR count). The molecule has 206 valence electrons. The van der Waals surface area contributed by atoms with Gasteiger partial charge >= 0.3 is 24.1 Å². The quantitative estimate of drug-likeness (QED) is 0.399. The van der Waals surface area contributed by atoms with Crippen LogP contribution < -0.4 is 10.6 Å². The number of nitrogens with zero attached hydrogens (tertiary/aromatic N) is 2. The highest BCUT2D eigenvalue weighted by Crippen LogP contribution is 2.29. The van der Waals surface area contributed by atoms with Gasteiger partial charge in [0.15, 0.2) is 0 Å². The molecule has 4 N–H and O–H groups in total. The van der Waals surface area contributed by atoms with Crippen LogP contribution in [0.1, 0.15) is 54.4 Å². The molecule has 4 aliphatic rings. The fraction of sp³-hybridized carbons (Fsp3) is 0.833. The first-order chi connectivity index (χ1) is 16.6. The number of aliphatic carboxylic acids is 2. The summed E-state index contributed by atoms with van der Waals surface area (Å²) in [6.45, 7) is 17.3. The van der Waals surface area contributed by atoms with Crippen LogP contribution in [0.15, 0.2) is 0 Å². The molecule has 0 saturated carbocycles. The number of nitrogens with one attached hydrogen (secondary N) is 2. The van der Waals surface area contributed by atoms with E-state index in [2.05, 4.69) is 10.6 Å². The summed E-state index contributed by atoms with van der Waals surface area (Å²) in [5.41, 5.74) is -0.760. The van der Waals surface area contributed by atoms with Gasteiger partial charge in [-0.3, -0.25) is 0 Å². The van der Waals surface area contributed by atoms with Crippen molar-refractivity contribution in [2.24, 2.45) is 11.8 Å². The van der Waals surface area contributed by atoms with E-state index in [4.69, 9.17) is 29.3 Å². The smallest absolute Gasteiger partial charge is 0.414 e. The first-order valence-electron chi connectivity index (χ1n) is 12.5. The predicted octanol–water partition coefficient (Wildman–Crippen LogP) is 1.59. The highest BCUT2D eigenvalue weighted by atomic mass is 16.6. The first kappa shape index (κ1) is 29.6. The number of carboxylic acids is 2. The van der Waals surface area contributed by atoms with Gasteiger partial charge in [-0.1, -0.05) is 0 Å². The highest BCUT2D eigenvalue weighted by molar-refractivity contribution is 6.27. The lowest BCUT2D eigenvalue weighted by Gasteiger charge is -2.48. The molecule has 0 aliphatic carbocycles. The summed E-state index contributed by atoms with van der Waals surface area (Å²) < 4.78 is 10.7. The van der Waals surface area contributed by atoms with Crippen molar-refractivity contribution in [3.63, 3.8) is 0 Å². The van der Waals surface area contributed by atoms with Crippen molar-refractivity contribution in [3.8, 4) is 0 Å². The minimum absolute atomic E-state index is 0.148. The molecule has 36 heavy (non-hydrogen) atoms. The van der Waals surface area contributed by atoms with Gasteiger partial charge in [0.2, 0.25) is 0 Å².